The molecule has 216 valence electrons. The van der Waals surface area contributed by atoms with Gasteiger partial charge in [0.2, 0.25) is 0 Å². The predicted molar refractivity (Wildman–Crippen MR) is 154 cm³/mol. The van der Waals surface area contributed by atoms with Gasteiger partial charge in [0, 0.05) is 19.7 Å². The highest BCUT2D eigenvalue weighted by Crippen LogP contribution is 3.03. The van der Waals surface area contributed by atoms with E-state index in [0.29, 0.717) is 26.8 Å². The Hall–Kier alpha value is -2.25. The van der Waals surface area contributed by atoms with E-state index in [2.05, 4.69) is 0 Å². The van der Waals surface area contributed by atoms with Crippen LogP contribution in [0.2, 0.25) is 5.02 Å². The molecule has 0 aliphatic carbocycles. The van der Waals surface area contributed by atoms with Crippen molar-refractivity contribution < 1.29 is 32.7 Å². The smallest absolute Gasteiger partial charge is 0.296 e. The summed E-state index contributed by atoms with van der Waals surface area (Å²) in [6, 6.07) is 26.7. The lowest BCUT2D eigenvalue weighted by Gasteiger charge is -2.55. The van der Waals surface area contributed by atoms with Gasteiger partial charge in [0.05, 0.1) is 11.5 Å². The lowest BCUT2D eigenvalue weighted by molar-refractivity contribution is 0.271. The molecule has 0 aromatic heterocycles. The third kappa shape index (κ3) is 5.61. The van der Waals surface area contributed by atoms with Crippen LogP contribution in [0.25, 0.3) is 0 Å². The van der Waals surface area contributed by atoms with Crippen molar-refractivity contribution in [3.8, 4) is 0 Å². The van der Waals surface area contributed by atoms with Crippen LogP contribution >= 0.6 is 43.3 Å². The van der Waals surface area contributed by atoms with Crippen LogP contribution in [0.3, 0.4) is 0 Å². The van der Waals surface area contributed by atoms with Crippen molar-refractivity contribution in [3.05, 3.63) is 120 Å². The van der Waals surface area contributed by atoms with E-state index >= 15 is 15.5 Å². The maximum atomic E-state index is 15.7. The Morgan fingerprint density at radius 2 is 1.07 bits per heavy atom. The van der Waals surface area contributed by atoms with Crippen molar-refractivity contribution >= 4 is 53.5 Å². The van der Waals surface area contributed by atoms with Gasteiger partial charge >= 0.3 is 0 Å². The lowest BCUT2D eigenvalue weighted by Crippen LogP contribution is -2.44. The van der Waals surface area contributed by atoms with Crippen molar-refractivity contribution in [1.82, 2.24) is 0 Å². The first-order chi connectivity index (χ1) is 18.7. The van der Waals surface area contributed by atoms with Gasteiger partial charge < -0.3 is 5.11 Å². The van der Waals surface area contributed by atoms with Gasteiger partial charge in [0.1, 0.15) is 5.25 Å². The Morgan fingerprint density at radius 3 is 1.43 bits per heavy atom. The number of aliphatic hydroxyl groups is 1. The lowest BCUT2D eigenvalue weighted by atomic mass is 10.4. The zero-order chi connectivity index (χ0) is 29.3. The summed E-state index contributed by atoms with van der Waals surface area (Å²) in [5, 5.41) is 6.20. The normalized spacial score (nSPS) is 16.4. The number of hydrogen-bond acceptors (Lipinski definition) is 4. The molecule has 1 N–H and O–H groups in total. The predicted octanol–water partition coefficient (Wildman–Crippen LogP) is 9.28. The minimum Gasteiger partial charge on any atom is -0.395 e. The van der Waals surface area contributed by atoms with Gasteiger partial charge in [-0.3, -0.25) is 0 Å². The molecule has 0 radical (unpaired) electrons. The Balaban J connectivity index is 1.92. The average molecular weight is 656 g/mol. The summed E-state index contributed by atoms with van der Waals surface area (Å²) >= 11 is 11.7. The molecule has 0 spiro atoms. The number of alkyl halides is 1. The molecule has 0 aliphatic heterocycles. The second-order valence-corrected chi connectivity index (χ2v) is 17.8. The third-order valence-electron chi connectivity index (χ3n) is 6.09. The summed E-state index contributed by atoms with van der Waals surface area (Å²) in [5.74, 6) is 0. The molecule has 4 rings (SSSR count). The highest BCUT2D eigenvalue weighted by Gasteiger charge is 2.74. The Labute approximate surface area is 241 Å². The molecule has 0 aliphatic rings. The van der Waals surface area contributed by atoms with Crippen LogP contribution in [0, 0.1) is 0 Å². The Kier molecular flexibility index (Phi) is 8.09. The molecule has 0 fully saturated rings. The van der Waals surface area contributed by atoms with E-state index in [9.17, 15) is 13.5 Å². The number of benzene rings is 4. The van der Waals surface area contributed by atoms with Crippen molar-refractivity contribution in [3.63, 3.8) is 0 Å². The van der Waals surface area contributed by atoms with Gasteiger partial charge in [0.25, 0.3) is 10.1 Å². The van der Waals surface area contributed by atoms with E-state index in [-0.39, 0.29) is 5.02 Å². The molecule has 0 saturated carbocycles. The molecule has 4 nitrogen and oxygen atoms in total. The largest absolute Gasteiger partial charge is 0.395 e. The number of hydrogen-bond donors (Lipinski definition) is 1. The molecular formula is C27H24Cl2F4O4S3. The summed E-state index contributed by atoms with van der Waals surface area (Å²) < 4.78 is 93.1. The summed E-state index contributed by atoms with van der Waals surface area (Å²) in [6.07, 6.45) is 0. The SMILES string of the molecule is O=S(=O)(OS(c1ccccc1)(c1ccccc1)c1ccccc1)C(Cl)C(CO)S(F)(F)(F)(F)c1ccc(Cl)cc1. The van der Waals surface area contributed by atoms with E-state index in [0.717, 1.165) is 12.1 Å². The van der Waals surface area contributed by atoms with Crippen molar-refractivity contribution in [2.24, 2.45) is 0 Å². The quantitative estimate of drug-likeness (QED) is 0.137. The Bertz CT molecular complexity index is 1480. The fourth-order valence-electron chi connectivity index (χ4n) is 4.07. The maximum Gasteiger partial charge on any atom is 0.296 e. The van der Waals surface area contributed by atoms with Crippen LogP contribution in [-0.2, 0) is 13.7 Å². The van der Waals surface area contributed by atoms with Gasteiger partial charge in [-0.15, -0.1) is 27.1 Å². The first-order valence-electron chi connectivity index (χ1n) is 11.6. The molecule has 4 aromatic rings. The fraction of sp³-hybridized carbons (Fsp3) is 0.111. The first-order valence-corrected chi connectivity index (χ1v) is 17.5. The topological polar surface area (TPSA) is 63.6 Å². The van der Waals surface area contributed by atoms with E-state index in [4.69, 9.17) is 26.8 Å². The van der Waals surface area contributed by atoms with Gasteiger partial charge in [-0.25, -0.2) is 3.63 Å². The van der Waals surface area contributed by atoms with Crippen LogP contribution in [0.4, 0.5) is 15.5 Å². The standard InChI is InChI=1S/C27H24Cl2F4O4S3/c28-21-16-18-25(19-17-21)40(30,31,32,33)26(20-34)27(29)39(35,36)37-38(22-10-4-1-5-11-22,23-12-6-2-7-13-23)24-14-8-3-9-15-24/h1-19,26-27,34H,20H2. The molecule has 13 heteroatoms. The van der Waals surface area contributed by atoms with Gasteiger partial charge in [-0.1, -0.05) is 66.2 Å². The van der Waals surface area contributed by atoms with Crippen molar-refractivity contribution in [2.45, 2.75) is 29.5 Å². The van der Waals surface area contributed by atoms with Crippen LogP contribution in [-0.4, -0.2) is 30.1 Å². The fourth-order valence-corrected chi connectivity index (χ4v) is 13.3. The summed E-state index contributed by atoms with van der Waals surface area (Å²) in [5.41, 5.74) is 0. The average Bonchev–Trinajstić information content (AvgIpc) is 2.93. The first kappa shape index (κ1) is 30.7. The molecule has 2 unspecified atom stereocenters. The molecule has 0 heterocycles. The minimum atomic E-state index is -9.57. The zero-order valence-electron chi connectivity index (χ0n) is 20.5. The number of rotatable bonds is 10. The minimum absolute atomic E-state index is 0.0990. The van der Waals surface area contributed by atoms with E-state index in [1.807, 2.05) is 0 Å². The molecule has 0 bridgehead atoms. The number of halogens is 6. The number of aliphatic hydroxyl groups excluding tert-OH is 1. The van der Waals surface area contributed by atoms with Gasteiger partial charge in [-0.2, -0.15) is 8.42 Å². The van der Waals surface area contributed by atoms with Crippen LogP contribution in [0.1, 0.15) is 0 Å². The van der Waals surface area contributed by atoms with Gasteiger partial charge in [-0.05, 0) is 71.0 Å². The second kappa shape index (κ2) is 10.5. The zero-order valence-corrected chi connectivity index (χ0v) is 24.5. The second-order valence-electron chi connectivity index (χ2n) is 8.72. The Morgan fingerprint density at radius 1 is 0.700 bits per heavy atom. The van der Waals surface area contributed by atoms with Crippen LogP contribution < -0.4 is 0 Å². The summed E-state index contributed by atoms with van der Waals surface area (Å²) in [7, 11) is -18.3. The van der Waals surface area contributed by atoms with Crippen LogP contribution in [0.5, 0.6) is 0 Å². The van der Waals surface area contributed by atoms with Crippen LogP contribution in [0.15, 0.2) is 135 Å². The summed E-state index contributed by atoms with van der Waals surface area (Å²) in [6.45, 7) is -1.95. The maximum absolute atomic E-state index is 15.7. The van der Waals surface area contributed by atoms with Crippen molar-refractivity contribution in [1.29, 1.82) is 0 Å². The van der Waals surface area contributed by atoms with Gasteiger partial charge in [0.15, 0.2) is 14.5 Å². The highest BCUT2D eigenvalue weighted by molar-refractivity contribution is 8.50. The molecule has 40 heavy (non-hydrogen) atoms. The highest BCUT2D eigenvalue weighted by atomic mass is 35.5. The summed E-state index contributed by atoms with van der Waals surface area (Å²) in [4.78, 5) is -0.766. The monoisotopic (exact) mass is 654 g/mol. The molecule has 2 atom stereocenters. The molecule has 0 saturated heterocycles. The molecule has 4 aromatic carbocycles. The molecular weight excluding hydrogens is 631 g/mol. The van der Waals surface area contributed by atoms with Crippen molar-refractivity contribution in [2.75, 3.05) is 6.61 Å². The third-order valence-corrected chi connectivity index (χ3v) is 15.8. The van der Waals surface area contributed by atoms with E-state index in [1.165, 1.54) is 0 Å². The molecule has 0 amide bonds. The van der Waals surface area contributed by atoms with E-state index in [1.54, 1.807) is 91.0 Å². The van der Waals surface area contributed by atoms with E-state index < -0.39 is 51.7 Å².